The van der Waals surface area contributed by atoms with Gasteiger partial charge in [0.15, 0.2) is 5.16 Å². The Morgan fingerprint density at radius 3 is 2.57 bits per heavy atom. The SMILES string of the molecule is C=CCn1c(S[C@H](C)C(=O)Nc2c(C)cccc2C)nc2ccccc2c1=O. The molecule has 28 heavy (non-hydrogen) atoms. The molecule has 5 nitrogen and oxygen atoms in total. The van der Waals surface area contributed by atoms with Crippen LogP contribution in [0.15, 0.2) is 65.1 Å². The molecule has 2 aromatic carbocycles. The van der Waals surface area contributed by atoms with Crippen LogP contribution in [0.25, 0.3) is 10.9 Å². The van der Waals surface area contributed by atoms with E-state index in [9.17, 15) is 9.59 Å². The fourth-order valence-corrected chi connectivity index (χ4v) is 3.89. The highest BCUT2D eigenvalue weighted by molar-refractivity contribution is 8.00. The van der Waals surface area contributed by atoms with E-state index in [1.54, 1.807) is 22.8 Å². The van der Waals surface area contributed by atoms with Crippen LogP contribution < -0.4 is 10.9 Å². The number of anilines is 1. The molecule has 0 radical (unpaired) electrons. The number of carbonyl (C=O) groups excluding carboxylic acids is 1. The fourth-order valence-electron chi connectivity index (χ4n) is 2.98. The average molecular weight is 394 g/mol. The van der Waals surface area contributed by atoms with E-state index in [0.29, 0.717) is 22.6 Å². The molecule has 1 aromatic heterocycles. The largest absolute Gasteiger partial charge is 0.325 e. The number of thioether (sulfide) groups is 1. The van der Waals surface area contributed by atoms with Gasteiger partial charge in [-0.25, -0.2) is 4.98 Å². The number of aryl methyl sites for hydroxylation is 2. The molecule has 144 valence electrons. The second kappa shape index (κ2) is 8.44. The first-order chi connectivity index (χ1) is 13.4. The van der Waals surface area contributed by atoms with Gasteiger partial charge in [-0.15, -0.1) is 6.58 Å². The predicted octanol–water partition coefficient (Wildman–Crippen LogP) is 4.32. The topological polar surface area (TPSA) is 64.0 Å². The molecule has 3 aromatic rings. The first kappa shape index (κ1) is 19.9. The van der Waals surface area contributed by atoms with Crippen molar-refractivity contribution in [1.82, 2.24) is 9.55 Å². The molecule has 1 amide bonds. The summed E-state index contributed by atoms with van der Waals surface area (Å²) in [6.07, 6.45) is 1.66. The van der Waals surface area contributed by atoms with Crippen molar-refractivity contribution < 1.29 is 4.79 Å². The lowest BCUT2D eigenvalue weighted by Crippen LogP contribution is -2.27. The minimum absolute atomic E-state index is 0.129. The van der Waals surface area contributed by atoms with Crippen LogP contribution in [0, 0.1) is 13.8 Å². The number of carbonyl (C=O) groups is 1. The van der Waals surface area contributed by atoms with Gasteiger partial charge in [0.25, 0.3) is 5.56 Å². The number of nitrogens with zero attached hydrogens (tertiary/aromatic N) is 2. The number of nitrogens with one attached hydrogen (secondary N) is 1. The Bertz CT molecular complexity index is 1080. The lowest BCUT2D eigenvalue weighted by atomic mass is 10.1. The summed E-state index contributed by atoms with van der Waals surface area (Å²) in [5, 5.41) is 3.64. The molecule has 1 atom stereocenters. The summed E-state index contributed by atoms with van der Waals surface area (Å²) >= 11 is 1.27. The maximum absolute atomic E-state index is 12.8. The molecule has 1 N–H and O–H groups in total. The molecule has 6 heteroatoms. The van der Waals surface area contributed by atoms with Crippen LogP contribution in [0.1, 0.15) is 18.1 Å². The lowest BCUT2D eigenvalue weighted by Gasteiger charge is -2.17. The van der Waals surface area contributed by atoms with Gasteiger partial charge in [0.2, 0.25) is 5.91 Å². The lowest BCUT2D eigenvalue weighted by molar-refractivity contribution is -0.115. The summed E-state index contributed by atoms with van der Waals surface area (Å²) in [6, 6.07) is 13.1. The fraction of sp³-hybridized carbons (Fsp3) is 0.227. The van der Waals surface area contributed by atoms with E-state index in [-0.39, 0.29) is 11.5 Å². The zero-order valence-corrected chi connectivity index (χ0v) is 17.0. The van der Waals surface area contributed by atoms with Crippen LogP contribution in [0.3, 0.4) is 0 Å². The first-order valence-corrected chi connectivity index (χ1v) is 9.94. The van der Waals surface area contributed by atoms with Gasteiger partial charge in [-0.3, -0.25) is 14.2 Å². The van der Waals surface area contributed by atoms with Crippen molar-refractivity contribution in [1.29, 1.82) is 0 Å². The van der Waals surface area contributed by atoms with Crippen LogP contribution in [0.5, 0.6) is 0 Å². The number of aromatic nitrogens is 2. The maximum Gasteiger partial charge on any atom is 0.262 e. The van der Waals surface area contributed by atoms with Gasteiger partial charge in [0.05, 0.1) is 16.2 Å². The van der Waals surface area contributed by atoms with Gasteiger partial charge >= 0.3 is 0 Å². The minimum Gasteiger partial charge on any atom is -0.325 e. The second-order valence-corrected chi connectivity index (χ2v) is 7.94. The second-order valence-electron chi connectivity index (χ2n) is 6.63. The van der Waals surface area contributed by atoms with Gasteiger partial charge in [-0.05, 0) is 44.0 Å². The van der Waals surface area contributed by atoms with Gasteiger partial charge in [-0.1, -0.05) is 48.2 Å². The quantitative estimate of drug-likeness (QED) is 0.385. The molecular weight excluding hydrogens is 370 g/mol. The van der Waals surface area contributed by atoms with Crippen molar-refractivity contribution >= 4 is 34.3 Å². The zero-order valence-electron chi connectivity index (χ0n) is 16.2. The number of rotatable bonds is 6. The summed E-state index contributed by atoms with van der Waals surface area (Å²) in [7, 11) is 0. The van der Waals surface area contributed by atoms with E-state index in [2.05, 4.69) is 16.9 Å². The number of para-hydroxylation sites is 2. The molecule has 0 fully saturated rings. The molecule has 0 spiro atoms. The van der Waals surface area contributed by atoms with Crippen molar-refractivity contribution in [3.8, 4) is 0 Å². The highest BCUT2D eigenvalue weighted by Crippen LogP contribution is 2.25. The third kappa shape index (κ3) is 4.02. The van der Waals surface area contributed by atoms with Gasteiger partial charge in [-0.2, -0.15) is 0 Å². The molecule has 0 aliphatic carbocycles. The van der Waals surface area contributed by atoms with E-state index in [0.717, 1.165) is 16.8 Å². The van der Waals surface area contributed by atoms with E-state index in [4.69, 9.17) is 0 Å². The standard InChI is InChI=1S/C22H23N3O2S/c1-5-13-25-21(27)17-11-6-7-12-18(17)23-22(25)28-16(4)20(26)24-19-14(2)9-8-10-15(19)3/h5-12,16H,1,13H2,2-4H3,(H,24,26)/t16-/m1/s1. The normalized spacial score (nSPS) is 12.0. The molecule has 0 bridgehead atoms. The highest BCUT2D eigenvalue weighted by atomic mass is 32.2. The Balaban J connectivity index is 1.91. The number of fused-ring (bicyclic) bond motifs is 1. The summed E-state index contributed by atoms with van der Waals surface area (Å²) in [5.74, 6) is -0.130. The van der Waals surface area contributed by atoms with Crippen molar-refractivity contribution in [2.45, 2.75) is 37.7 Å². The van der Waals surface area contributed by atoms with Crippen LogP contribution in [-0.2, 0) is 11.3 Å². The highest BCUT2D eigenvalue weighted by Gasteiger charge is 2.20. The first-order valence-electron chi connectivity index (χ1n) is 9.06. The number of hydrogen-bond acceptors (Lipinski definition) is 4. The monoisotopic (exact) mass is 393 g/mol. The van der Waals surface area contributed by atoms with E-state index in [1.165, 1.54) is 11.8 Å². The number of allylic oxidation sites excluding steroid dienone is 1. The summed E-state index contributed by atoms with van der Waals surface area (Å²) in [5.41, 5.74) is 3.35. The predicted molar refractivity (Wildman–Crippen MR) is 116 cm³/mol. The Hall–Kier alpha value is -2.86. The van der Waals surface area contributed by atoms with E-state index in [1.807, 2.05) is 51.1 Å². The molecular formula is C22H23N3O2S. The van der Waals surface area contributed by atoms with Crippen LogP contribution in [0.4, 0.5) is 5.69 Å². The minimum atomic E-state index is -0.428. The van der Waals surface area contributed by atoms with Crippen LogP contribution >= 0.6 is 11.8 Å². The molecule has 0 saturated carbocycles. The summed E-state index contributed by atoms with van der Waals surface area (Å²) in [4.78, 5) is 30.2. The number of amides is 1. The Kier molecular flexibility index (Phi) is 5.99. The molecule has 1 heterocycles. The summed E-state index contributed by atoms with van der Waals surface area (Å²) in [6.45, 7) is 9.81. The van der Waals surface area contributed by atoms with Gasteiger partial charge < -0.3 is 5.32 Å². The smallest absolute Gasteiger partial charge is 0.262 e. The number of benzene rings is 2. The van der Waals surface area contributed by atoms with Crippen LogP contribution in [-0.4, -0.2) is 20.7 Å². The zero-order chi connectivity index (χ0) is 20.3. The Labute approximate surface area is 168 Å². The van der Waals surface area contributed by atoms with Crippen molar-refractivity contribution in [2.24, 2.45) is 0 Å². The van der Waals surface area contributed by atoms with E-state index >= 15 is 0 Å². The third-order valence-electron chi connectivity index (χ3n) is 4.52. The number of hydrogen-bond donors (Lipinski definition) is 1. The van der Waals surface area contributed by atoms with Crippen molar-refractivity contribution in [3.05, 3.63) is 76.6 Å². The van der Waals surface area contributed by atoms with Gasteiger partial charge in [0.1, 0.15) is 0 Å². The molecule has 3 rings (SSSR count). The molecule has 0 aliphatic rings. The third-order valence-corrected chi connectivity index (χ3v) is 5.61. The molecule has 0 unspecified atom stereocenters. The van der Waals surface area contributed by atoms with E-state index < -0.39 is 5.25 Å². The van der Waals surface area contributed by atoms with Crippen molar-refractivity contribution in [2.75, 3.05) is 5.32 Å². The van der Waals surface area contributed by atoms with Gasteiger partial charge in [0, 0.05) is 12.2 Å². The Morgan fingerprint density at radius 1 is 1.21 bits per heavy atom. The molecule has 0 aliphatic heterocycles. The van der Waals surface area contributed by atoms with Crippen molar-refractivity contribution in [3.63, 3.8) is 0 Å². The Morgan fingerprint density at radius 2 is 1.89 bits per heavy atom. The van der Waals surface area contributed by atoms with Crippen LogP contribution in [0.2, 0.25) is 0 Å². The summed E-state index contributed by atoms with van der Waals surface area (Å²) < 4.78 is 1.56. The molecule has 0 saturated heterocycles. The maximum atomic E-state index is 12.8. The average Bonchev–Trinajstić information content (AvgIpc) is 2.67.